The molecule has 0 bridgehead atoms. The Bertz CT molecular complexity index is 1570. The summed E-state index contributed by atoms with van der Waals surface area (Å²) in [6.45, 7) is -2.51. The van der Waals surface area contributed by atoms with Crippen LogP contribution in [0.25, 0.3) is 0 Å². The number of hydrogen-bond donors (Lipinski definition) is 18. The Morgan fingerprint density at radius 2 is 1.11 bits per heavy atom. The number of nitrogens with one attached hydrogen (secondary N) is 2. The van der Waals surface area contributed by atoms with E-state index in [1.807, 2.05) is 0 Å². The first-order valence-corrected chi connectivity index (χ1v) is 19.3. The van der Waals surface area contributed by atoms with Gasteiger partial charge in [0.2, 0.25) is 11.8 Å². The lowest BCUT2D eigenvalue weighted by molar-refractivity contribution is -0.354. The van der Waals surface area contributed by atoms with Gasteiger partial charge in [-0.05, 0) is 0 Å². The molecule has 1 unspecified atom stereocenters. The zero-order chi connectivity index (χ0) is 47.5. The zero-order valence-electron chi connectivity index (χ0n) is 33.4. The molecule has 4 heterocycles. The number of ether oxygens (including phenoxy) is 7. The number of carboxylic acid groups (broad SMARTS) is 2. The van der Waals surface area contributed by atoms with Crippen LogP contribution in [0.5, 0.6) is 0 Å². The van der Waals surface area contributed by atoms with Crippen molar-refractivity contribution in [1.29, 1.82) is 0 Å². The van der Waals surface area contributed by atoms with Crippen molar-refractivity contribution in [2.45, 2.75) is 161 Å². The molecule has 364 valence electrons. The Morgan fingerprint density at radius 1 is 0.635 bits per heavy atom. The summed E-state index contributed by atoms with van der Waals surface area (Å²) >= 11 is 0. The number of hydrogen-bond acceptors (Lipinski definition) is 25. The molecular formula is C34H56N2O27. The van der Waals surface area contributed by atoms with Gasteiger partial charge in [0.1, 0.15) is 85.5 Å². The van der Waals surface area contributed by atoms with Crippen molar-refractivity contribution in [2.24, 2.45) is 0 Å². The van der Waals surface area contributed by atoms with E-state index in [1.54, 1.807) is 0 Å². The predicted octanol–water partition coefficient (Wildman–Crippen LogP) is -11.0. The number of aliphatic carboxylic acids is 2. The highest BCUT2D eigenvalue weighted by Crippen LogP contribution is 2.38. The highest BCUT2D eigenvalue weighted by atomic mass is 16.8. The van der Waals surface area contributed by atoms with E-state index in [0.717, 1.165) is 13.8 Å². The molecule has 0 spiro atoms. The normalized spacial score (nSPS) is 42.9. The van der Waals surface area contributed by atoms with E-state index < -0.39 is 197 Å². The molecule has 4 fully saturated rings. The van der Waals surface area contributed by atoms with Gasteiger partial charge in [-0.2, -0.15) is 0 Å². The molecule has 0 aromatic rings. The lowest BCUT2D eigenvalue weighted by atomic mass is 9.87. The summed E-state index contributed by atoms with van der Waals surface area (Å²) in [5.41, 5.74) is 0. The summed E-state index contributed by atoms with van der Waals surface area (Å²) in [5, 5.41) is 171. The zero-order valence-corrected chi connectivity index (χ0v) is 33.4. The van der Waals surface area contributed by atoms with E-state index >= 15 is 0 Å². The quantitative estimate of drug-likeness (QED) is 0.0607. The third-order valence-electron chi connectivity index (χ3n) is 11.0. The molecule has 0 aromatic carbocycles. The summed E-state index contributed by atoms with van der Waals surface area (Å²) in [6, 6.07) is -3.47. The lowest BCUT2D eigenvalue weighted by Gasteiger charge is -2.49. The standard InChI is InChI=1S/C34H56N2O27/c1-9(39)35-17-12(42)4-34(32(55)56,63-27(17)19(44)13(43)5-37)61-14(6-38)22(47)28-18(36-10(2)40)11(41)3-33(62-28,31(53)54)58-8-16-21(46)24(49)26(51)30(60-16)57-7-15-20(45)23(48)25(50)29(52)59-15/h11-30,37-38,41-52H,3-8H2,1-2H3,(H,35,39)(H,36,40)(H,53,54)(H,55,56)/t11-,12-,13+,14+,15+,16+,17+,18+,19+,20+,21+,22+,23-,24-,25+,26+,27+,28+,29?,30+,33+,34+/m0/s1. The van der Waals surface area contributed by atoms with Crippen LogP contribution >= 0.6 is 0 Å². The Hall–Kier alpha value is -2.96. The topological polar surface area (TPSA) is 481 Å². The van der Waals surface area contributed by atoms with Gasteiger partial charge in [0.25, 0.3) is 11.6 Å². The molecular weight excluding hydrogens is 868 g/mol. The van der Waals surface area contributed by atoms with Crippen molar-refractivity contribution >= 4 is 23.8 Å². The van der Waals surface area contributed by atoms with Crippen molar-refractivity contribution in [3.63, 3.8) is 0 Å². The number of rotatable bonds is 18. The van der Waals surface area contributed by atoms with Crippen molar-refractivity contribution < 1.29 is 134 Å². The molecule has 29 nitrogen and oxygen atoms in total. The van der Waals surface area contributed by atoms with Crippen molar-refractivity contribution in [1.82, 2.24) is 10.6 Å². The van der Waals surface area contributed by atoms with E-state index in [0.29, 0.717) is 0 Å². The van der Waals surface area contributed by atoms with Gasteiger partial charge in [-0.25, -0.2) is 9.59 Å². The number of aliphatic hydroxyl groups excluding tert-OH is 14. The highest BCUT2D eigenvalue weighted by Gasteiger charge is 2.60. The molecule has 18 N–H and O–H groups in total. The number of aliphatic hydroxyl groups is 14. The first kappa shape index (κ1) is 52.7. The van der Waals surface area contributed by atoms with Crippen LogP contribution in [0.1, 0.15) is 26.7 Å². The monoisotopic (exact) mass is 924 g/mol. The summed E-state index contributed by atoms with van der Waals surface area (Å²) < 4.78 is 38.1. The van der Waals surface area contributed by atoms with E-state index in [1.165, 1.54) is 0 Å². The molecule has 0 saturated carbocycles. The molecule has 29 heteroatoms. The van der Waals surface area contributed by atoms with Crippen LogP contribution in [0.4, 0.5) is 0 Å². The SMILES string of the molecule is CC(=O)N[C@H]1[C@H]([C@H](O)[C@H](O)CO)O[C@@](O[C@H](CO)[C@@H](O)[C@@H]2O[C@@](OC[C@H]3O[C@@H](OC[C@H]4OC(O)[C@H](O)[C@@H](O)[C@@H]4O)[C@H](O)[C@@H](O)[C@@H]3O)(C(=O)O)C[C@H](O)[C@H]2NC(C)=O)(C(=O)O)C[C@@H]1O. The summed E-state index contributed by atoms with van der Waals surface area (Å²) in [5.74, 6) is -12.2. The maximum Gasteiger partial charge on any atom is 0.364 e. The Labute approximate surface area is 355 Å². The third-order valence-corrected chi connectivity index (χ3v) is 11.0. The van der Waals surface area contributed by atoms with Crippen LogP contribution in [0.15, 0.2) is 0 Å². The van der Waals surface area contributed by atoms with Crippen molar-refractivity contribution in [3.8, 4) is 0 Å². The molecule has 0 aromatic heterocycles. The van der Waals surface area contributed by atoms with E-state index in [2.05, 4.69) is 10.6 Å². The molecule has 4 saturated heterocycles. The number of carboxylic acids is 2. The summed E-state index contributed by atoms with van der Waals surface area (Å²) in [6.07, 6.45) is -38.9. The van der Waals surface area contributed by atoms with Gasteiger partial charge in [0.05, 0.1) is 50.7 Å². The van der Waals surface area contributed by atoms with Gasteiger partial charge in [-0.1, -0.05) is 0 Å². The van der Waals surface area contributed by atoms with Crippen molar-refractivity contribution in [3.05, 3.63) is 0 Å². The average molecular weight is 925 g/mol. The molecule has 0 aliphatic carbocycles. The van der Waals surface area contributed by atoms with E-state index in [4.69, 9.17) is 33.2 Å². The van der Waals surface area contributed by atoms with Crippen LogP contribution in [-0.4, -0.2) is 266 Å². The largest absolute Gasteiger partial charge is 0.477 e. The fourth-order valence-corrected chi connectivity index (χ4v) is 7.54. The molecule has 4 rings (SSSR count). The Morgan fingerprint density at radius 3 is 1.60 bits per heavy atom. The number of carbonyl (C=O) groups is 4. The van der Waals surface area contributed by atoms with Gasteiger partial charge in [-0.3, -0.25) is 9.59 Å². The first-order valence-electron chi connectivity index (χ1n) is 19.3. The maximum absolute atomic E-state index is 12.9. The van der Waals surface area contributed by atoms with Crippen LogP contribution in [-0.2, 0) is 52.3 Å². The smallest absolute Gasteiger partial charge is 0.364 e. The highest BCUT2D eigenvalue weighted by molar-refractivity contribution is 5.77. The molecule has 22 atom stereocenters. The first-order chi connectivity index (χ1) is 29.3. The number of amides is 2. The predicted molar refractivity (Wildman–Crippen MR) is 191 cm³/mol. The second-order valence-corrected chi connectivity index (χ2v) is 15.5. The minimum atomic E-state index is -3.19. The van der Waals surface area contributed by atoms with Gasteiger partial charge >= 0.3 is 11.9 Å². The van der Waals surface area contributed by atoms with Crippen LogP contribution in [0.3, 0.4) is 0 Å². The average Bonchev–Trinajstić information content (AvgIpc) is 3.22. The van der Waals surface area contributed by atoms with Gasteiger partial charge in [0.15, 0.2) is 12.6 Å². The summed E-state index contributed by atoms with van der Waals surface area (Å²) in [7, 11) is 0. The molecule has 63 heavy (non-hydrogen) atoms. The van der Waals surface area contributed by atoms with E-state index in [9.17, 15) is 101 Å². The van der Waals surface area contributed by atoms with Crippen LogP contribution < -0.4 is 10.6 Å². The second kappa shape index (κ2) is 21.6. The fraction of sp³-hybridized carbons (Fsp3) is 0.882. The number of carbonyl (C=O) groups excluding carboxylic acids is 2. The fourth-order valence-electron chi connectivity index (χ4n) is 7.54. The van der Waals surface area contributed by atoms with Gasteiger partial charge in [-0.15, -0.1) is 0 Å². The molecule has 4 aliphatic heterocycles. The van der Waals surface area contributed by atoms with Crippen LogP contribution in [0.2, 0.25) is 0 Å². The lowest BCUT2D eigenvalue weighted by Crippen LogP contribution is -2.70. The summed E-state index contributed by atoms with van der Waals surface area (Å²) in [4.78, 5) is 49.9. The minimum absolute atomic E-state index is 0.790. The van der Waals surface area contributed by atoms with Gasteiger partial charge < -0.3 is 125 Å². The second-order valence-electron chi connectivity index (χ2n) is 15.5. The third kappa shape index (κ3) is 11.5. The van der Waals surface area contributed by atoms with Gasteiger partial charge in [0, 0.05) is 26.7 Å². The maximum atomic E-state index is 12.9. The van der Waals surface area contributed by atoms with Crippen LogP contribution in [0, 0.1) is 0 Å². The van der Waals surface area contributed by atoms with E-state index in [-0.39, 0.29) is 0 Å². The molecule has 0 radical (unpaired) electrons. The Balaban J connectivity index is 1.60. The molecule has 4 aliphatic rings. The Kier molecular flexibility index (Phi) is 18.0. The minimum Gasteiger partial charge on any atom is -0.477 e. The van der Waals surface area contributed by atoms with Crippen molar-refractivity contribution in [2.75, 3.05) is 26.4 Å². The molecule has 2 amide bonds.